The summed E-state index contributed by atoms with van der Waals surface area (Å²) in [5, 5.41) is 12.4. The van der Waals surface area contributed by atoms with Gasteiger partial charge in [-0.15, -0.1) is 0 Å². The fourth-order valence-electron chi connectivity index (χ4n) is 2.69. The minimum absolute atomic E-state index is 0.297. The highest BCUT2D eigenvalue weighted by atomic mass is 16.4. The van der Waals surface area contributed by atoms with Gasteiger partial charge in [0.05, 0.1) is 5.92 Å². The van der Waals surface area contributed by atoms with Gasteiger partial charge in [0, 0.05) is 17.8 Å². The molecule has 0 aromatic heterocycles. The Balaban J connectivity index is 1.90. The zero-order chi connectivity index (χ0) is 10.4. The maximum atomic E-state index is 11.0. The summed E-state index contributed by atoms with van der Waals surface area (Å²) in [5.74, 6) is -0.989. The van der Waals surface area contributed by atoms with Crippen LogP contribution in [0.4, 0.5) is 0 Å². The molecular formula is C12H13NO2. The second-order valence-corrected chi connectivity index (χ2v) is 4.36. The van der Waals surface area contributed by atoms with Crippen molar-refractivity contribution in [1.82, 2.24) is 5.32 Å². The van der Waals surface area contributed by atoms with Crippen molar-refractivity contribution in [3.05, 3.63) is 34.7 Å². The number of nitrogens with one attached hydrogen (secondary N) is 1. The maximum Gasteiger partial charge on any atom is 0.312 e. The van der Waals surface area contributed by atoms with Gasteiger partial charge < -0.3 is 10.4 Å². The highest BCUT2D eigenvalue weighted by Crippen LogP contribution is 2.40. The Labute approximate surface area is 88.2 Å². The molecule has 0 aromatic carbocycles. The molecule has 1 heterocycles. The highest BCUT2D eigenvalue weighted by Gasteiger charge is 2.34. The number of carboxylic acids is 1. The van der Waals surface area contributed by atoms with Crippen LogP contribution in [0.15, 0.2) is 34.7 Å². The van der Waals surface area contributed by atoms with Crippen LogP contribution in [0.25, 0.3) is 0 Å². The minimum atomic E-state index is -0.692. The van der Waals surface area contributed by atoms with Crippen molar-refractivity contribution in [3.63, 3.8) is 0 Å². The first-order chi connectivity index (χ1) is 7.25. The number of carbonyl (C=O) groups is 1. The summed E-state index contributed by atoms with van der Waals surface area (Å²) < 4.78 is 0. The van der Waals surface area contributed by atoms with Crippen LogP contribution in [-0.2, 0) is 4.79 Å². The first-order valence-electron chi connectivity index (χ1n) is 5.36. The molecule has 1 aliphatic heterocycles. The topological polar surface area (TPSA) is 49.3 Å². The molecule has 1 atom stereocenters. The lowest BCUT2D eigenvalue weighted by Crippen LogP contribution is -2.25. The fraction of sp³-hybridized carbons (Fsp3) is 0.417. The van der Waals surface area contributed by atoms with Crippen LogP contribution in [0, 0.1) is 5.92 Å². The van der Waals surface area contributed by atoms with Crippen molar-refractivity contribution in [2.24, 2.45) is 5.92 Å². The molecule has 0 aromatic rings. The van der Waals surface area contributed by atoms with E-state index in [0.717, 1.165) is 31.4 Å². The second kappa shape index (κ2) is 2.99. The molecule has 0 spiro atoms. The van der Waals surface area contributed by atoms with E-state index in [-0.39, 0.29) is 5.92 Å². The molecule has 15 heavy (non-hydrogen) atoms. The molecule has 78 valence electrons. The van der Waals surface area contributed by atoms with Gasteiger partial charge in [-0.3, -0.25) is 4.79 Å². The summed E-state index contributed by atoms with van der Waals surface area (Å²) in [6.45, 7) is 0. The zero-order valence-electron chi connectivity index (χ0n) is 8.42. The first kappa shape index (κ1) is 8.77. The number of hydrogen-bond donors (Lipinski definition) is 2. The molecule has 1 unspecified atom stereocenters. The zero-order valence-corrected chi connectivity index (χ0v) is 8.42. The SMILES string of the molecule is O=C(O)C1CCC2=C1NC1=C(C=CC1)C2. The highest BCUT2D eigenvalue weighted by molar-refractivity contribution is 5.75. The quantitative estimate of drug-likeness (QED) is 0.684. The molecule has 3 nitrogen and oxygen atoms in total. The second-order valence-electron chi connectivity index (χ2n) is 4.36. The third kappa shape index (κ3) is 1.23. The van der Waals surface area contributed by atoms with Gasteiger partial charge in [-0.1, -0.05) is 12.2 Å². The smallest absolute Gasteiger partial charge is 0.312 e. The van der Waals surface area contributed by atoms with E-state index in [2.05, 4.69) is 17.5 Å². The molecule has 0 radical (unpaired) electrons. The number of aliphatic carboxylic acids is 1. The van der Waals surface area contributed by atoms with Crippen molar-refractivity contribution >= 4 is 5.97 Å². The Morgan fingerprint density at radius 1 is 1.53 bits per heavy atom. The van der Waals surface area contributed by atoms with Gasteiger partial charge in [0.2, 0.25) is 0 Å². The Morgan fingerprint density at radius 3 is 3.20 bits per heavy atom. The molecular weight excluding hydrogens is 190 g/mol. The van der Waals surface area contributed by atoms with E-state index in [4.69, 9.17) is 5.11 Å². The monoisotopic (exact) mass is 203 g/mol. The molecule has 3 rings (SSSR count). The predicted octanol–water partition coefficient (Wildman–Crippen LogP) is 1.94. The van der Waals surface area contributed by atoms with Crippen molar-refractivity contribution in [2.45, 2.75) is 25.7 Å². The number of allylic oxidation sites excluding steroid dienone is 4. The normalized spacial score (nSPS) is 27.9. The molecule has 3 heteroatoms. The Hall–Kier alpha value is -1.51. The summed E-state index contributed by atoms with van der Waals surface area (Å²) in [7, 11) is 0. The van der Waals surface area contributed by atoms with Crippen LogP contribution in [0.5, 0.6) is 0 Å². The first-order valence-corrected chi connectivity index (χ1v) is 5.36. The average Bonchev–Trinajstić information content (AvgIpc) is 2.77. The lowest BCUT2D eigenvalue weighted by molar-refractivity contribution is -0.140. The number of carboxylic acid groups (broad SMARTS) is 1. The fourth-order valence-corrected chi connectivity index (χ4v) is 2.69. The molecule has 3 aliphatic rings. The summed E-state index contributed by atoms with van der Waals surface area (Å²) in [6, 6.07) is 0. The standard InChI is InChI=1S/C12H13NO2/c14-12(15)9-5-4-8-6-7-2-1-3-10(7)13-11(8)9/h1-2,9,13H,3-6H2,(H,14,15). The Bertz CT molecular complexity index is 429. The Morgan fingerprint density at radius 2 is 2.40 bits per heavy atom. The van der Waals surface area contributed by atoms with Crippen LogP contribution in [0.3, 0.4) is 0 Å². The third-order valence-electron chi connectivity index (χ3n) is 3.48. The van der Waals surface area contributed by atoms with Gasteiger partial charge in [0.15, 0.2) is 0 Å². The molecule has 2 aliphatic carbocycles. The molecule has 0 saturated carbocycles. The van der Waals surface area contributed by atoms with E-state index in [9.17, 15) is 4.79 Å². The summed E-state index contributed by atoms with van der Waals surface area (Å²) in [5.41, 5.74) is 4.83. The van der Waals surface area contributed by atoms with Gasteiger partial charge >= 0.3 is 5.97 Å². The van der Waals surface area contributed by atoms with Crippen molar-refractivity contribution in [3.8, 4) is 0 Å². The van der Waals surface area contributed by atoms with Gasteiger partial charge in [0.1, 0.15) is 0 Å². The van der Waals surface area contributed by atoms with E-state index in [0.29, 0.717) is 0 Å². The Kier molecular flexibility index (Phi) is 1.75. The van der Waals surface area contributed by atoms with Crippen LogP contribution in [0.2, 0.25) is 0 Å². The van der Waals surface area contributed by atoms with Gasteiger partial charge in [-0.05, 0) is 30.4 Å². The number of rotatable bonds is 1. The molecule has 2 N–H and O–H groups in total. The van der Waals surface area contributed by atoms with Crippen LogP contribution < -0.4 is 5.32 Å². The van der Waals surface area contributed by atoms with Crippen molar-refractivity contribution in [2.75, 3.05) is 0 Å². The van der Waals surface area contributed by atoms with E-state index in [1.807, 2.05) is 0 Å². The average molecular weight is 203 g/mol. The van der Waals surface area contributed by atoms with E-state index >= 15 is 0 Å². The maximum absolute atomic E-state index is 11.0. The van der Waals surface area contributed by atoms with Crippen molar-refractivity contribution < 1.29 is 9.90 Å². The minimum Gasteiger partial charge on any atom is -0.481 e. The summed E-state index contributed by atoms with van der Waals surface area (Å²) in [4.78, 5) is 11.0. The van der Waals surface area contributed by atoms with Gasteiger partial charge in [-0.2, -0.15) is 0 Å². The lowest BCUT2D eigenvalue weighted by Gasteiger charge is -2.21. The number of hydrogen-bond acceptors (Lipinski definition) is 2. The summed E-state index contributed by atoms with van der Waals surface area (Å²) >= 11 is 0. The molecule has 0 bridgehead atoms. The van der Waals surface area contributed by atoms with Crippen LogP contribution >= 0.6 is 0 Å². The molecule has 0 amide bonds. The van der Waals surface area contributed by atoms with Crippen molar-refractivity contribution in [1.29, 1.82) is 0 Å². The predicted molar refractivity (Wildman–Crippen MR) is 55.9 cm³/mol. The summed E-state index contributed by atoms with van der Waals surface area (Å²) in [6.07, 6.45) is 7.87. The largest absolute Gasteiger partial charge is 0.481 e. The van der Waals surface area contributed by atoms with Gasteiger partial charge in [-0.25, -0.2) is 0 Å². The lowest BCUT2D eigenvalue weighted by atomic mass is 9.99. The van der Waals surface area contributed by atoms with Crippen LogP contribution in [0.1, 0.15) is 25.7 Å². The van der Waals surface area contributed by atoms with E-state index in [1.54, 1.807) is 0 Å². The molecule has 0 fully saturated rings. The van der Waals surface area contributed by atoms with E-state index < -0.39 is 5.97 Å². The third-order valence-corrected chi connectivity index (χ3v) is 3.48. The van der Waals surface area contributed by atoms with Crippen LogP contribution in [-0.4, -0.2) is 11.1 Å². The van der Waals surface area contributed by atoms with E-state index in [1.165, 1.54) is 16.8 Å². The number of dihydropyridines is 1. The molecule has 0 saturated heterocycles. The van der Waals surface area contributed by atoms with Gasteiger partial charge in [0.25, 0.3) is 0 Å².